The highest BCUT2D eigenvalue weighted by atomic mass is 15.4. The van der Waals surface area contributed by atoms with Crippen molar-refractivity contribution >= 4 is 11.5 Å². The molecule has 0 bridgehead atoms. The molecule has 1 unspecified atom stereocenters. The van der Waals surface area contributed by atoms with Gasteiger partial charge in [-0.2, -0.15) is 4.52 Å². The number of fused-ring (bicyclic) bond motifs is 1. The van der Waals surface area contributed by atoms with Crippen LogP contribution in [-0.4, -0.2) is 32.4 Å². The third-order valence-electron chi connectivity index (χ3n) is 4.92. The van der Waals surface area contributed by atoms with E-state index in [1.165, 1.54) is 31.2 Å². The Balaban J connectivity index is 1.44. The normalized spacial score (nSPS) is 17.7. The zero-order valence-electron chi connectivity index (χ0n) is 14.1. The summed E-state index contributed by atoms with van der Waals surface area (Å²) in [6, 6.07) is 15.5. The molecule has 124 valence electrons. The average molecular weight is 321 g/mol. The van der Waals surface area contributed by atoms with E-state index in [2.05, 4.69) is 51.5 Å². The molecule has 1 saturated heterocycles. The standard InChI is InChI=1S/C19H23N5/c1-15-20-21-18-12-13-19(22-24(15)18)23-14-6-11-17(23)10-5-9-16-7-3-2-4-8-16/h2-4,7-8,12-13,17H,5-6,9-11,14H2,1H3. The van der Waals surface area contributed by atoms with Crippen molar-refractivity contribution in [1.82, 2.24) is 19.8 Å². The van der Waals surface area contributed by atoms with Gasteiger partial charge in [-0.15, -0.1) is 15.3 Å². The topological polar surface area (TPSA) is 46.3 Å². The molecule has 1 aromatic carbocycles. The highest BCUT2D eigenvalue weighted by Gasteiger charge is 2.25. The van der Waals surface area contributed by atoms with E-state index in [0.29, 0.717) is 6.04 Å². The number of hydrogen-bond donors (Lipinski definition) is 0. The third kappa shape index (κ3) is 2.98. The third-order valence-corrected chi connectivity index (χ3v) is 4.92. The average Bonchev–Trinajstić information content (AvgIpc) is 3.23. The van der Waals surface area contributed by atoms with Crippen molar-refractivity contribution in [3.05, 3.63) is 53.9 Å². The smallest absolute Gasteiger partial charge is 0.178 e. The molecule has 0 radical (unpaired) electrons. The number of aromatic nitrogens is 4. The van der Waals surface area contributed by atoms with Crippen LogP contribution >= 0.6 is 0 Å². The van der Waals surface area contributed by atoms with E-state index < -0.39 is 0 Å². The van der Waals surface area contributed by atoms with Gasteiger partial charge in [0.2, 0.25) is 0 Å². The fourth-order valence-electron chi connectivity index (χ4n) is 3.66. The molecule has 24 heavy (non-hydrogen) atoms. The number of rotatable bonds is 5. The minimum Gasteiger partial charge on any atom is -0.352 e. The maximum atomic E-state index is 4.75. The van der Waals surface area contributed by atoms with Crippen LogP contribution in [0.2, 0.25) is 0 Å². The Kier molecular flexibility index (Phi) is 4.15. The number of benzene rings is 1. The van der Waals surface area contributed by atoms with Gasteiger partial charge in [0.1, 0.15) is 5.82 Å². The van der Waals surface area contributed by atoms with Crippen LogP contribution in [0, 0.1) is 6.92 Å². The van der Waals surface area contributed by atoms with Crippen LogP contribution in [0.25, 0.3) is 5.65 Å². The zero-order chi connectivity index (χ0) is 16.4. The van der Waals surface area contributed by atoms with E-state index in [1.807, 2.05) is 17.5 Å². The molecule has 0 N–H and O–H groups in total. The molecule has 5 heteroatoms. The molecule has 1 aliphatic heterocycles. The molecule has 1 atom stereocenters. The molecule has 0 aliphatic carbocycles. The van der Waals surface area contributed by atoms with Crippen molar-refractivity contribution in [2.24, 2.45) is 0 Å². The predicted molar refractivity (Wildman–Crippen MR) is 95.3 cm³/mol. The van der Waals surface area contributed by atoms with Crippen LogP contribution in [0.3, 0.4) is 0 Å². The zero-order valence-corrected chi connectivity index (χ0v) is 14.1. The Labute approximate surface area is 142 Å². The summed E-state index contributed by atoms with van der Waals surface area (Å²) in [5, 5.41) is 13.0. The highest BCUT2D eigenvalue weighted by Crippen LogP contribution is 2.27. The van der Waals surface area contributed by atoms with Crippen LogP contribution in [0.15, 0.2) is 42.5 Å². The minimum atomic E-state index is 0.593. The van der Waals surface area contributed by atoms with Gasteiger partial charge in [-0.3, -0.25) is 0 Å². The van der Waals surface area contributed by atoms with Gasteiger partial charge in [0.05, 0.1) is 0 Å². The van der Waals surface area contributed by atoms with E-state index in [1.54, 1.807) is 0 Å². The molecular formula is C19H23N5. The molecule has 4 rings (SSSR count). The molecule has 1 aliphatic rings. The lowest BCUT2D eigenvalue weighted by Crippen LogP contribution is -2.30. The van der Waals surface area contributed by atoms with E-state index in [-0.39, 0.29) is 0 Å². The van der Waals surface area contributed by atoms with Gasteiger partial charge < -0.3 is 4.90 Å². The number of nitrogens with zero attached hydrogens (tertiary/aromatic N) is 5. The molecule has 0 amide bonds. The first-order valence-corrected chi connectivity index (χ1v) is 8.81. The quantitative estimate of drug-likeness (QED) is 0.722. The summed E-state index contributed by atoms with van der Waals surface area (Å²) in [7, 11) is 0. The fourth-order valence-corrected chi connectivity index (χ4v) is 3.66. The van der Waals surface area contributed by atoms with Gasteiger partial charge in [0.25, 0.3) is 0 Å². The van der Waals surface area contributed by atoms with Gasteiger partial charge >= 0.3 is 0 Å². The maximum Gasteiger partial charge on any atom is 0.178 e. The molecule has 0 spiro atoms. The summed E-state index contributed by atoms with van der Waals surface area (Å²) < 4.78 is 1.84. The molecule has 3 aromatic rings. The highest BCUT2D eigenvalue weighted by molar-refractivity contribution is 5.47. The van der Waals surface area contributed by atoms with Crippen LogP contribution < -0.4 is 4.90 Å². The Bertz CT molecular complexity index is 811. The molecule has 3 heterocycles. The molecule has 0 saturated carbocycles. The lowest BCUT2D eigenvalue weighted by molar-refractivity contribution is 0.574. The minimum absolute atomic E-state index is 0.593. The second-order valence-corrected chi connectivity index (χ2v) is 6.58. The SMILES string of the molecule is Cc1nnc2ccc(N3CCCC3CCCc3ccccc3)nn12. The van der Waals surface area contributed by atoms with Crippen molar-refractivity contribution in [2.75, 3.05) is 11.4 Å². The molecule has 5 nitrogen and oxygen atoms in total. The van der Waals surface area contributed by atoms with Gasteiger partial charge in [-0.05, 0) is 56.7 Å². The summed E-state index contributed by atoms with van der Waals surface area (Å²) in [5.74, 6) is 1.89. The Morgan fingerprint density at radius 1 is 1.08 bits per heavy atom. The van der Waals surface area contributed by atoms with Crippen molar-refractivity contribution in [2.45, 2.75) is 45.1 Å². The van der Waals surface area contributed by atoms with Crippen molar-refractivity contribution in [3.63, 3.8) is 0 Å². The first-order chi connectivity index (χ1) is 11.8. The summed E-state index contributed by atoms with van der Waals surface area (Å²) >= 11 is 0. The number of anilines is 1. The fraction of sp³-hybridized carbons (Fsp3) is 0.421. The monoisotopic (exact) mass is 321 g/mol. The van der Waals surface area contributed by atoms with Crippen molar-refractivity contribution in [3.8, 4) is 0 Å². The van der Waals surface area contributed by atoms with Gasteiger partial charge in [0, 0.05) is 12.6 Å². The number of aryl methyl sites for hydroxylation is 2. The van der Waals surface area contributed by atoms with Crippen molar-refractivity contribution in [1.29, 1.82) is 0 Å². The molecule has 1 fully saturated rings. The van der Waals surface area contributed by atoms with E-state index in [0.717, 1.165) is 30.3 Å². The Morgan fingerprint density at radius 2 is 1.96 bits per heavy atom. The maximum absolute atomic E-state index is 4.75. The van der Waals surface area contributed by atoms with E-state index >= 15 is 0 Å². The first-order valence-electron chi connectivity index (χ1n) is 8.81. The number of hydrogen-bond acceptors (Lipinski definition) is 4. The summed E-state index contributed by atoms with van der Waals surface area (Å²) in [5.41, 5.74) is 2.25. The van der Waals surface area contributed by atoms with Gasteiger partial charge in [-0.25, -0.2) is 0 Å². The lowest BCUT2D eigenvalue weighted by Gasteiger charge is -2.25. The summed E-state index contributed by atoms with van der Waals surface area (Å²) in [6.07, 6.45) is 6.10. The second-order valence-electron chi connectivity index (χ2n) is 6.58. The van der Waals surface area contributed by atoms with Crippen LogP contribution in [0.4, 0.5) is 5.82 Å². The van der Waals surface area contributed by atoms with Crippen molar-refractivity contribution < 1.29 is 0 Å². The van der Waals surface area contributed by atoms with E-state index in [4.69, 9.17) is 5.10 Å². The predicted octanol–water partition coefficient (Wildman–Crippen LogP) is 3.42. The Morgan fingerprint density at radius 3 is 2.83 bits per heavy atom. The lowest BCUT2D eigenvalue weighted by atomic mass is 10.0. The summed E-state index contributed by atoms with van der Waals surface area (Å²) in [4.78, 5) is 2.46. The Hall–Kier alpha value is -2.43. The summed E-state index contributed by atoms with van der Waals surface area (Å²) in [6.45, 7) is 3.04. The molecule has 2 aromatic heterocycles. The largest absolute Gasteiger partial charge is 0.352 e. The van der Waals surface area contributed by atoms with Gasteiger partial charge in [0.15, 0.2) is 11.5 Å². The second kappa shape index (κ2) is 6.59. The molecular weight excluding hydrogens is 298 g/mol. The van der Waals surface area contributed by atoms with Gasteiger partial charge in [-0.1, -0.05) is 30.3 Å². The van der Waals surface area contributed by atoms with E-state index in [9.17, 15) is 0 Å². The van der Waals surface area contributed by atoms with Crippen LogP contribution in [0.1, 0.15) is 37.1 Å². The van der Waals surface area contributed by atoms with Crippen LogP contribution in [-0.2, 0) is 6.42 Å². The first kappa shape index (κ1) is 15.1. The van der Waals surface area contributed by atoms with Crippen LogP contribution in [0.5, 0.6) is 0 Å².